The van der Waals surface area contributed by atoms with Gasteiger partial charge >= 0.3 is 6.03 Å². The Bertz CT molecular complexity index is 748. The normalized spacial score (nSPS) is 20.5. The van der Waals surface area contributed by atoms with Crippen LogP contribution in [-0.4, -0.2) is 28.9 Å². The topological polar surface area (TPSA) is 71.5 Å². The average molecular weight is 311 g/mol. The van der Waals surface area contributed by atoms with Gasteiger partial charge in [-0.1, -0.05) is 18.2 Å². The van der Waals surface area contributed by atoms with Gasteiger partial charge in [-0.3, -0.25) is 14.7 Å². The molecule has 2 aromatic rings. The molecule has 0 aliphatic carbocycles. The molecule has 1 aliphatic rings. The number of ether oxygens (including phenoxy) is 1. The Morgan fingerprint density at radius 2 is 2.04 bits per heavy atom. The van der Waals surface area contributed by atoms with Crippen LogP contribution < -0.4 is 10.1 Å². The summed E-state index contributed by atoms with van der Waals surface area (Å²) in [6, 6.07) is 12.1. The maximum Gasteiger partial charge on any atom is 0.325 e. The van der Waals surface area contributed by atoms with Crippen molar-refractivity contribution in [1.82, 2.24) is 15.2 Å². The lowest BCUT2D eigenvalue weighted by Crippen LogP contribution is -2.41. The molecule has 6 heteroatoms. The van der Waals surface area contributed by atoms with Gasteiger partial charge in [0, 0.05) is 6.20 Å². The molecule has 23 heavy (non-hydrogen) atoms. The average Bonchev–Trinajstić information content (AvgIpc) is 2.80. The molecule has 0 saturated carbocycles. The van der Waals surface area contributed by atoms with Gasteiger partial charge in [-0.05, 0) is 36.8 Å². The summed E-state index contributed by atoms with van der Waals surface area (Å²) in [5.41, 5.74) is 0.196. The number of carbonyl (C=O) groups excluding carboxylic acids is 2. The van der Waals surface area contributed by atoms with E-state index in [1.807, 2.05) is 18.2 Å². The number of rotatable bonds is 4. The third-order valence-electron chi connectivity index (χ3n) is 3.93. The number of urea groups is 1. The quantitative estimate of drug-likeness (QED) is 0.877. The van der Waals surface area contributed by atoms with Crippen LogP contribution >= 0.6 is 0 Å². The van der Waals surface area contributed by atoms with Gasteiger partial charge in [0.1, 0.15) is 5.75 Å². The second-order valence-corrected chi connectivity index (χ2v) is 5.51. The van der Waals surface area contributed by atoms with Crippen LogP contribution in [0.15, 0.2) is 48.7 Å². The zero-order valence-corrected chi connectivity index (χ0v) is 12.9. The number of carbonyl (C=O) groups is 2. The number of imide groups is 1. The van der Waals surface area contributed by atoms with Crippen molar-refractivity contribution in [3.63, 3.8) is 0 Å². The van der Waals surface area contributed by atoms with E-state index in [-0.39, 0.29) is 12.5 Å². The van der Waals surface area contributed by atoms with Gasteiger partial charge in [-0.25, -0.2) is 4.79 Å². The predicted octanol–water partition coefficient (Wildman–Crippen LogP) is 2.06. The molecule has 1 aromatic carbocycles. The molecule has 6 nitrogen and oxygen atoms in total. The molecule has 0 bridgehead atoms. The minimum atomic E-state index is -1.14. The SMILES string of the molecule is COc1cccc(CN2C(=O)N[C@](C)(c3ccccn3)C2=O)c1. The molecule has 1 N–H and O–H groups in total. The summed E-state index contributed by atoms with van der Waals surface area (Å²) in [7, 11) is 1.57. The minimum absolute atomic E-state index is 0.185. The van der Waals surface area contributed by atoms with Crippen LogP contribution in [0.5, 0.6) is 5.75 Å². The summed E-state index contributed by atoms with van der Waals surface area (Å²) in [4.78, 5) is 30.4. The highest BCUT2D eigenvalue weighted by atomic mass is 16.5. The van der Waals surface area contributed by atoms with Gasteiger partial charge in [-0.2, -0.15) is 0 Å². The van der Waals surface area contributed by atoms with Crippen molar-refractivity contribution in [2.24, 2.45) is 0 Å². The lowest BCUT2D eigenvalue weighted by molar-refractivity contribution is -0.131. The van der Waals surface area contributed by atoms with E-state index in [2.05, 4.69) is 10.3 Å². The van der Waals surface area contributed by atoms with Crippen LogP contribution in [0.3, 0.4) is 0 Å². The molecule has 3 amide bonds. The fourth-order valence-electron chi connectivity index (χ4n) is 2.63. The summed E-state index contributed by atoms with van der Waals surface area (Å²) in [5.74, 6) is 0.367. The van der Waals surface area contributed by atoms with E-state index in [9.17, 15) is 9.59 Å². The van der Waals surface area contributed by atoms with Gasteiger partial charge in [0.25, 0.3) is 5.91 Å². The number of amides is 3. The number of methoxy groups -OCH3 is 1. The highest BCUT2D eigenvalue weighted by Crippen LogP contribution is 2.28. The van der Waals surface area contributed by atoms with Crippen molar-refractivity contribution in [2.75, 3.05) is 7.11 Å². The highest BCUT2D eigenvalue weighted by molar-refractivity contribution is 6.06. The van der Waals surface area contributed by atoms with E-state index < -0.39 is 11.6 Å². The van der Waals surface area contributed by atoms with Gasteiger partial charge in [0.05, 0.1) is 19.3 Å². The van der Waals surface area contributed by atoms with E-state index in [1.54, 1.807) is 44.5 Å². The predicted molar refractivity (Wildman–Crippen MR) is 83.7 cm³/mol. The van der Waals surface area contributed by atoms with E-state index in [0.29, 0.717) is 11.4 Å². The molecule has 118 valence electrons. The van der Waals surface area contributed by atoms with E-state index in [4.69, 9.17) is 4.74 Å². The van der Waals surface area contributed by atoms with Gasteiger partial charge in [-0.15, -0.1) is 0 Å². The Balaban J connectivity index is 1.87. The van der Waals surface area contributed by atoms with Crippen LogP contribution in [0.25, 0.3) is 0 Å². The standard InChI is InChI=1S/C17H17N3O3/c1-17(14-8-3-4-9-18-14)15(21)20(16(22)19-17)11-12-6-5-7-13(10-12)23-2/h3-10H,11H2,1-2H3,(H,19,22)/t17-/m1/s1. The second kappa shape index (κ2) is 5.72. The fraction of sp³-hybridized carbons (Fsp3) is 0.235. The number of hydrogen-bond donors (Lipinski definition) is 1. The summed E-state index contributed by atoms with van der Waals surface area (Å²) in [6.45, 7) is 1.85. The Hall–Kier alpha value is -2.89. The maximum atomic E-state index is 12.8. The summed E-state index contributed by atoms with van der Waals surface area (Å²) < 4.78 is 5.17. The van der Waals surface area contributed by atoms with Crippen LogP contribution in [0, 0.1) is 0 Å². The lowest BCUT2D eigenvalue weighted by atomic mass is 9.97. The van der Waals surface area contributed by atoms with Gasteiger partial charge < -0.3 is 10.1 Å². The first-order valence-electron chi connectivity index (χ1n) is 7.23. The number of nitrogens with one attached hydrogen (secondary N) is 1. The van der Waals surface area contributed by atoms with Crippen LogP contribution in [0.1, 0.15) is 18.2 Å². The van der Waals surface area contributed by atoms with Crippen molar-refractivity contribution in [3.8, 4) is 5.75 Å². The number of pyridine rings is 1. The minimum Gasteiger partial charge on any atom is -0.497 e. The van der Waals surface area contributed by atoms with E-state index in [1.165, 1.54) is 4.90 Å². The Labute approximate surface area is 134 Å². The van der Waals surface area contributed by atoms with E-state index in [0.717, 1.165) is 5.56 Å². The van der Waals surface area contributed by atoms with Gasteiger partial charge in [0.15, 0.2) is 5.54 Å². The van der Waals surface area contributed by atoms with Crippen molar-refractivity contribution >= 4 is 11.9 Å². The first-order chi connectivity index (χ1) is 11.0. The van der Waals surface area contributed by atoms with Crippen LogP contribution in [-0.2, 0) is 16.9 Å². The Kier molecular flexibility index (Phi) is 3.73. The first-order valence-corrected chi connectivity index (χ1v) is 7.23. The second-order valence-electron chi connectivity index (χ2n) is 5.51. The molecule has 1 aliphatic heterocycles. The van der Waals surface area contributed by atoms with Crippen molar-refractivity contribution in [1.29, 1.82) is 0 Å². The number of hydrogen-bond acceptors (Lipinski definition) is 4. The smallest absolute Gasteiger partial charge is 0.325 e. The first kappa shape index (κ1) is 15.0. The van der Waals surface area contributed by atoms with E-state index >= 15 is 0 Å². The molecule has 3 rings (SSSR count). The molecule has 0 spiro atoms. The molecule has 1 saturated heterocycles. The molecule has 0 radical (unpaired) electrons. The van der Waals surface area contributed by atoms with Crippen molar-refractivity contribution in [3.05, 3.63) is 59.9 Å². The van der Waals surface area contributed by atoms with Crippen molar-refractivity contribution in [2.45, 2.75) is 19.0 Å². The molecular weight excluding hydrogens is 294 g/mol. The molecule has 1 fully saturated rings. The third kappa shape index (κ3) is 2.63. The third-order valence-corrected chi connectivity index (χ3v) is 3.93. The van der Waals surface area contributed by atoms with Gasteiger partial charge in [0.2, 0.25) is 0 Å². The van der Waals surface area contributed by atoms with Crippen LogP contribution in [0.2, 0.25) is 0 Å². The zero-order chi connectivity index (χ0) is 16.4. The molecular formula is C17H17N3O3. The lowest BCUT2D eigenvalue weighted by Gasteiger charge is -2.21. The Morgan fingerprint density at radius 1 is 1.22 bits per heavy atom. The van der Waals surface area contributed by atoms with Crippen LogP contribution in [0.4, 0.5) is 4.79 Å². The summed E-state index contributed by atoms with van der Waals surface area (Å²) in [5, 5.41) is 2.74. The number of benzene rings is 1. The summed E-state index contributed by atoms with van der Waals surface area (Å²) >= 11 is 0. The molecule has 0 unspecified atom stereocenters. The zero-order valence-electron chi connectivity index (χ0n) is 12.9. The monoisotopic (exact) mass is 311 g/mol. The largest absolute Gasteiger partial charge is 0.497 e. The maximum absolute atomic E-state index is 12.8. The Morgan fingerprint density at radius 3 is 2.74 bits per heavy atom. The molecule has 1 atom stereocenters. The molecule has 1 aromatic heterocycles. The number of aromatic nitrogens is 1. The summed E-state index contributed by atoms with van der Waals surface area (Å²) in [6.07, 6.45) is 1.60. The van der Waals surface area contributed by atoms with Crippen molar-refractivity contribution < 1.29 is 14.3 Å². The number of nitrogens with zero attached hydrogens (tertiary/aromatic N) is 2. The molecule has 2 heterocycles. The highest BCUT2D eigenvalue weighted by Gasteiger charge is 2.49. The fourth-order valence-corrected chi connectivity index (χ4v) is 2.63.